The van der Waals surface area contributed by atoms with Crippen LogP contribution in [0.15, 0.2) is 170 Å². The summed E-state index contributed by atoms with van der Waals surface area (Å²) < 4.78 is 2.50. The second-order valence-corrected chi connectivity index (χ2v) is 14.9. The molecule has 7 aromatic carbocycles. The minimum atomic E-state index is -0.198. The van der Waals surface area contributed by atoms with Gasteiger partial charge in [-0.15, -0.1) is 0 Å². The van der Waals surface area contributed by atoms with Gasteiger partial charge in [-0.3, -0.25) is 4.98 Å². The normalized spacial score (nSPS) is 13.1. The van der Waals surface area contributed by atoms with Gasteiger partial charge in [0.15, 0.2) is 5.82 Å². The van der Waals surface area contributed by atoms with Gasteiger partial charge in [-0.1, -0.05) is 135 Å². The third-order valence-electron chi connectivity index (χ3n) is 11.4. The quantitative estimate of drug-likeness (QED) is 0.185. The lowest BCUT2D eigenvalue weighted by atomic mass is 9.80. The number of aromatic nitrogens is 4. The van der Waals surface area contributed by atoms with Crippen molar-refractivity contribution in [2.75, 3.05) is 0 Å². The van der Waals surface area contributed by atoms with E-state index in [4.69, 9.17) is 15.0 Å². The van der Waals surface area contributed by atoms with Gasteiger partial charge >= 0.3 is 0 Å². The zero-order valence-electron chi connectivity index (χ0n) is 30.0. The minimum absolute atomic E-state index is 0.198. The molecule has 0 fully saturated rings. The van der Waals surface area contributed by atoms with Gasteiger partial charge in [-0.25, -0.2) is 9.97 Å². The summed E-state index contributed by atoms with van der Waals surface area (Å²) in [7, 11) is 0. The van der Waals surface area contributed by atoms with E-state index in [1.807, 2.05) is 30.5 Å². The maximum absolute atomic E-state index is 5.21. The van der Waals surface area contributed by atoms with E-state index in [-0.39, 0.29) is 5.41 Å². The third-order valence-corrected chi connectivity index (χ3v) is 11.4. The van der Waals surface area contributed by atoms with E-state index in [9.17, 15) is 0 Å². The third kappa shape index (κ3) is 4.47. The fraction of sp³-hybridized carbons (Fsp3) is 0.0600. The molecule has 3 heterocycles. The highest BCUT2D eigenvalue weighted by Gasteiger charge is 2.39. The Morgan fingerprint density at radius 3 is 2.00 bits per heavy atom. The van der Waals surface area contributed by atoms with Gasteiger partial charge in [0.1, 0.15) is 0 Å². The molecule has 0 saturated carbocycles. The van der Waals surface area contributed by atoms with E-state index in [0.717, 1.165) is 33.8 Å². The summed E-state index contributed by atoms with van der Waals surface area (Å²) >= 11 is 0. The number of nitrogens with zero attached hydrogens (tertiary/aromatic N) is 4. The molecule has 0 radical (unpaired) electrons. The number of fused-ring (bicyclic) bond motifs is 11. The molecule has 11 rings (SSSR count). The van der Waals surface area contributed by atoms with E-state index in [2.05, 4.69) is 158 Å². The highest BCUT2D eigenvalue weighted by atomic mass is 15.0. The standard InChI is InChI=1S/C50H34N4/c1-50(2)41-23-12-11-22-38(41)46-47(50)37-24-25-51-30-40(37)45-39-27-33-18-9-10-19-34(33)28-44(39)54(48(45)46)36-21-13-20-35(26-36)43-29-42(31-14-5-3-6-15-31)52-49(53-43)32-16-7-4-8-17-32/h3-30H,1-2H3. The summed E-state index contributed by atoms with van der Waals surface area (Å²) in [6, 6.07) is 56.2. The Morgan fingerprint density at radius 2 is 1.20 bits per heavy atom. The molecule has 10 aromatic rings. The molecule has 1 aliphatic carbocycles. The van der Waals surface area contributed by atoms with Gasteiger partial charge in [0.25, 0.3) is 0 Å². The lowest BCUT2D eigenvalue weighted by Gasteiger charge is -2.23. The Kier molecular flexibility index (Phi) is 6.56. The van der Waals surface area contributed by atoms with Crippen LogP contribution < -0.4 is 0 Å². The first-order chi connectivity index (χ1) is 26.5. The number of pyridine rings is 1. The summed E-state index contributed by atoms with van der Waals surface area (Å²) in [6.45, 7) is 4.74. The average molecular weight is 691 g/mol. The highest BCUT2D eigenvalue weighted by molar-refractivity contribution is 6.28. The van der Waals surface area contributed by atoms with E-state index in [1.165, 1.54) is 65.6 Å². The summed E-state index contributed by atoms with van der Waals surface area (Å²) in [6.07, 6.45) is 4.02. The molecule has 0 N–H and O–H groups in total. The minimum Gasteiger partial charge on any atom is -0.309 e. The monoisotopic (exact) mass is 690 g/mol. The molecule has 3 aromatic heterocycles. The fourth-order valence-corrected chi connectivity index (χ4v) is 8.98. The molecule has 0 spiro atoms. The van der Waals surface area contributed by atoms with E-state index in [0.29, 0.717) is 5.82 Å². The topological polar surface area (TPSA) is 43.6 Å². The summed E-state index contributed by atoms with van der Waals surface area (Å²) in [5.74, 6) is 0.705. The molecule has 4 heteroatoms. The Morgan fingerprint density at radius 1 is 0.537 bits per heavy atom. The van der Waals surface area contributed by atoms with Crippen molar-refractivity contribution in [3.63, 3.8) is 0 Å². The van der Waals surface area contributed by atoms with Crippen molar-refractivity contribution in [2.24, 2.45) is 0 Å². The largest absolute Gasteiger partial charge is 0.309 e. The molecular formula is C50H34N4. The molecule has 1 aliphatic rings. The van der Waals surface area contributed by atoms with Crippen LogP contribution in [0.4, 0.5) is 0 Å². The molecule has 0 aliphatic heterocycles. The molecule has 0 atom stereocenters. The molecular weight excluding hydrogens is 657 g/mol. The Balaban J connectivity index is 1.25. The Labute approximate surface area is 313 Å². The van der Waals surface area contributed by atoms with Crippen LogP contribution in [0.1, 0.15) is 25.0 Å². The lowest BCUT2D eigenvalue weighted by molar-refractivity contribution is 0.666. The summed E-state index contributed by atoms with van der Waals surface area (Å²) in [4.78, 5) is 15.0. The Bertz CT molecular complexity index is 3060. The maximum Gasteiger partial charge on any atom is 0.160 e. The van der Waals surface area contributed by atoms with Crippen molar-refractivity contribution in [2.45, 2.75) is 19.3 Å². The predicted octanol–water partition coefficient (Wildman–Crippen LogP) is 12.6. The van der Waals surface area contributed by atoms with Crippen LogP contribution in [-0.4, -0.2) is 19.5 Å². The van der Waals surface area contributed by atoms with Crippen molar-refractivity contribution in [1.82, 2.24) is 19.5 Å². The number of hydrogen-bond acceptors (Lipinski definition) is 3. The van der Waals surface area contributed by atoms with Crippen molar-refractivity contribution < 1.29 is 0 Å². The number of hydrogen-bond donors (Lipinski definition) is 0. The van der Waals surface area contributed by atoms with Crippen LogP contribution >= 0.6 is 0 Å². The van der Waals surface area contributed by atoms with E-state index in [1.54, 1.807) is 0 Å². The molecule has 0 amide bonds. The molecule has 0 saturated heterocycles. The van der Waals surface area contributed by atoms with Gasteiger partial charge in [0.2, 0.25) is 0 Å². The van der Waals surface area contributed by atoms with Crippen LogP contribution in [0.25, 0.3) is 94.1 Å². The van der Waals surface area contributed by atoms with Crippen molar-refractivity contribution in [1.29, 1.82) is 0 Å². The lowest BCUT2D eigenvalue weighted by Crippen LogP contribution is -2.15. The van der Waals surface area contributed by atoms with Gasteiger partial charge in [-0.2, -0.15) is 0 Å². The van der Waals surface area contributed by atoms with Crippen LogP contribution in [0, 0.1) is 0 Å². The van der Waals surface area contributed by atoms with Gasteiger partial charge in [0.05, 0.1) is 22.4 Å². The smallest absolute Gasteiger partial charge is 0.160 e. The molecule has 0 unspecified atom stereocenters. The van der Waals surface area contributed by atoms with Crippen LogP contribution in [0.3, 0.4) is 0 Å². The second kappa shape index (κ2) is 11.5. The first kappa shape index (κ1) is 30.7. The number of benzene rings is 7. The van der Waals surface area contributed by atoms with Crippen molar-refractivity contribution >= 4 is 43.4 Å². The van der Waals surface area contributed by atoms with Crippen LogP contribution in [-0.2, 0) is 5.41 Å². The van der Waals surface area contributed by atoms with Crippen molar-refractivity contribution in [3.05, 3.63) is 181 Å². The van der Waals surface area contributed by atoms with Crippen molar-refractivity contribution in [3.8, 4) is 50.7 Å². The van der Waals surface area contributed by atoms with Gasteiger partial charge < -0.3 is 4.57 Å². The van der Waals surface area contributed by atoms with Crippen LogP contribution in [0.5, 0.6) is 0 Å². The Hall–Kier alpha value is -6.91. The molecule has 54 heavy (non-hydrogen) atoms. The predicted molar refractivity (Wildman–Crippen MR) is 223 cm³/mol. The van der Waals surface area contributed by atoms with Gasteiger partial charge in [0, 0.05) is 61.9 Å². The van der Waals surface area contributed by atoms with Gasteiger partial charge in [-0.05, 0) is 69.2 Å². The maximum atomic E-state index is 5.21. The van der Waals surface area contributed by atoms with E-state index < -0.39 is 0 Å². The highest BCUT2D eigenvalue weighted by Crippen LogP contribution is 2.56. The molecule has 0 bridgehead atoms. The summed E-state index contributed by atoms with van der Waals surface area (Å²) in [5, 5.41) is 7.32. The SMILES string of the molecule is CC1(C)c2ccccc2-c2c1c1ccncc1c1c3cc4ccccc4cc3n(-c3cccc(-c4cc(-c5ccccc5)nc(-c5ccccc5)n4)c3)c21. The van der Waals surface area contributed by atoms with E-state index >= 15 is 0 Å². The number of rotatable bonds is 4. The average Bonchev–Trinajstić information content (AvgIpc) is 3.69. The first-order valence-corrected chi connectivity index (χ1v) is 18.5. The zero-order valence-corrected chi connectivity index (χ0v) is 30.0. The summed E-state index contributed by atoms with van der Waals surface area (Å²) in [5.41, 5.74) is 13.4. The first-order valence-electron chi connectivity index (χ1n) is 18.5. The van der Waals surface area contributed by atoms with Crippen LogP contribution in [0.2, 0.25) is 0 Å². The molecule has 254 valence electrons. The second-order valence-electron chi connectivity index (χ2n) is 14.9. The fourth-order valence-electron chi connectivity index (χ4n) is 8.98. The molecule has 4 nitrogen and oxygen atoms in total. The zero-order chi connectivity index (χ0) is 36.0.